The third-order valence-corrected chi connectivity index (χ3v) is 5.39. The summed E-state index contributed by atoms with van der Waals surface area (Å²) in [6.07, 6.45) is 7.08. The summed E-state index contributed by atoms with van der Waals surface area (Å²) in [4.78, 5) is 17.7. The Morgan fingerprint density at radius 2 is 2.33 bits per heavy atom. The monoisotopic (exact) mass is 310 g/mol. The molecule has 0 spiro atoms. The van der Waals surface area contributed by atoms with Crippen LogP contribution in [0.3, 0.4) is 0 Å². The van der Waals surface area contributed by atoms with E-state index in [2.05, 4.69) is 24.1 Å². The third-order valence-electron chi connectivity index (χ3n) is 4.07. The van der Waals surface area contributed by atoms with E-state index in [1.54, 1.807) is 11.3 Å². The number of carbonyl (C=O) groups is 1. The predicted octanol–water partition coefficient (Wildman–Crippen LogP) is 3.48. The smallest absolute Gasteiger partial charge is 0.308 e. The Kier molecular flexibility index (Phi) is 6.18. The molecule has 0 amide bonds. The minimum atomic E-state index is -0.0285. The van der Waals surface area contributed by atoms with Crippen LogP contribution < -0.4 is 5.32 Å². The second-order valence-corrected chi connectivity index (χ2v) is 6.87. The summed E-state index contributed by atoms with van der Waals surface area (Å²) >= 11 is 1.78. The SMILES string of the molecule is CCOC(=O)C1CCCC(NC(C)c2ncc(CC)s2)C1. The van der Waals surface area contributed by atoms with Gasteiger partial charge in [0.15, 0.2) is 0 Å². The third kappa shape index (κ3) is 4.51. The molecule has 5 heteroatoms. The Labute approximate surface area is 131 Å². The minimum absolute atomic E-state index is 0.0285. The zero-order chi connectivity index (χ0) is 15.2. The van der Waals surface area contributed by atoms with E-state index in [0.29, 0.717) is 12.6 Å². The number of rotatable bonds is 6. The molecule has 118 valence electrons. The summed E-state index contributed by atoms with van der Waals surface area (Å²) in [5.74, 6) is 0.0325. The number of nitrogens with one attached hydrogen (secondary N) is 1. The summed E-state index contributed by atoms with van der Waals surface area (Å²) in [6.45, 7) is 6.65. The highest BCUT2D eigenvalue weighted by molar-refractivity contribution is 7.11. The minimum Gasteiger partial charge on any atom is -0.466 e. The summed E-state index contributed by atoms with van der Waals surface area (Å²) in [7, 11) is 0. The topological polar surface area (TPSA) is 51.2 Å². The van der Waals surface area contributed by atoms with E-state index in [-0.39, 0.29) is 17.9 Å². The molecule has 0 radical (unpaired) electrons. The van der Waals surface area contributed by atoms with Gasteiger partial charge >= 0.3 is 5.97 Å². The van der Waals surface area contributed by atoms with Gasteiger partial charge in [-0.1, -0.05) is 13.3 Å². The maximum Gasteiger partial charge on any atom is 0.308 e. The van der Waals surface area contributed by atoms with Gasteiger partial charge in [0.2, 0.25) is 0 Å². The maximum absolute atomic E-state index is 11.9. The van der Waals surface area contributed by atoms with Crippen LogP contribution >= 0.6 is 11.3 Å². The van der Waals surface area contributed by atoms with Crippen LogP contribution in [0.4, 0.5) is 0 Å². The Bertz CT molecular complexity index is 461. The highest BCUT2D eigenvalue weighted by Crippen LogP contribution is 2.28. The van der Waals surface area contributed by atoms with Crippen LogP contribution in [0.2, 0.25) is 0 Å². The van der Waals surface area contributed by atoms with Crippen LogP contribution in [0, 0.1) is 5.92 Å². The van der Waals surface area contributed by atoms with Crippen LogP contribution in [0.25, 0.3) is 0 Å². The predicted molar refractivity (Wildman–Crippen MR) is 85.4 cm³/mol. The highest BCUT2D eigenvalue weighted by Gasteiger charge is 2.29. The molecule has 3 atom stereocenters. The van der Waals surface area contributed by atoms with Crippen molar-refractivity contribution in [3.8, 4) is 0 Å². The molecule has 2 rings (SSSR count). The quantitative estimate of drug-likeness (QED) is 0.817. The fourth-order valence-electron chi connectivity index (χ4n) is 2.93. The van der Waals surface area contributed by atoms with Gasteiger partial charge in [0.05, 0.1) is 18.6 Å². The summed E-state index contributed by atoms with van der Waals surface area (Å²) in [6, 6.07) is 0.637. The zero-order valence-corrected chi connectivity index (χ0v) is 14.0. The number of esters is 1. The first-order chi connectivity index (χ1) is 10.1. The van der Waals surface area contributed by atoms with Crippen LogP contribution in [0.15, 0.2) is 6.20 Å². The molecule has 4 nitrogen and oxygen atoms in total. The average Bonchev–Trinajstić information content (AvgIpc) is 2.97. The van der Waals surface area contributed by atoms with E-state index in [4.69, 9.17) is 4.74 Å². The molecule has 0 bridgehead atoms. The molecule has 1 N–H and O–H groups in total. The molecule has 1 aliphatic carbocycles. The molecule has 0 saturated heterocycles. The van der Waals surface area contributed by atoms with Gasteiger partial charge in [-0.25, -0.2) is 4.98 Å². The average molecular weight is 310 g/mol. The normalized spacial score (nSPS) is 23.8. The summed E-state index contributed by atoms with van der Waals surface area (Å²) in [5.41, 5.74) is 0. The molecule has 0 aliphatic heterocycles. The van der Waals surface area contributed by atoms with Crippen LogP contribution in [-0.2, 0) is 16.0 Å². The number of thiazole rings is 1. The van der Waals surface area contributed by atoms with Gasteiger partial charge in [0, 0.05) is 17.1 Å². The number of hydrogen-bond donors (Lipinski definition) is 1. The lowest BCUT2D eigenvalue weighted by Crippen LogP contribution is -2.38. The largest absolute Gasteiger partial charge is 0.466 e. The van der Waals surface area contributed by atoms with Crippen molar-refractivity contribution >= 4 is 17.3 Å². The van der Waals surface area contributed by atoms with Crippen molar-refractivity contribution in [3.63, 3.8) is 0 Å². The van der Waals surface area contributed by atoms with Crippen molar-refractivity contribution < 1.29 is 9.53 Å². The fourth-order valence-corrected chi connectivity index (χ4v) is 3.80. The second-order valence-electron chi connectivity index (χ2n) is 5.72. The molecule has 21 heavy (non-hydrogen) atoms. The standard InChI is InChI=1S/C16H26N2O2S/c1-4-14-10-17-15(21-14)11(3)18-13-8-6-7-12(9-13)16(19)20-5-2/h10-13,18H,4-9H2,1-3H3. The fraction of sp³-hybridized carbons (Fsp3) is 0.750. The number of ether oxygens (including phenoxy) is 1. The van der Waals surface area contributed by atoms with E-state index >= 15 is 0 Å². The van der Waals surface area contributed by atoms with Gasteiger partial charge in [0.25, 0.3) is 0 Å². The van der Waals surface area contributed by atoms with Crippen LogP contribution in [-0.4, -0.2) is 23.6 Å². The summed E-state index contributed by atoms with van der Waals surface area (Å²) in [5, 5.41) is 4.78. The van der Waals surface area contributed by atoms with Gasteiger partial charge < -0.3 is 10.1 Å². The molecule has 1 heterocycles. The lowest BCUT2D eigenvalue weighted by molar-refractivity contribution is -0.149. The Morgan fingerprint density at radius 1 is 1.52 bits per heavy atom. The van der Waals surface area contributed by atoms with Crippen LogP contribution in [0.1, 0.15) is 62.4 Å². The van der Waals surface area contributed by atoms with Gasteiger partial charge in [-0.15, -0.1) is 11.3 Å². The molecule has 1 fully saturated rings. The molecule has 3 unspecified atom stereocenters. The Balaban J connectivity index is 1.88. The summed E-state index contributed by atoms with van der Waals surface area (Å²) < 4.78 is 5.16. The number of aryl methyl sites for hydroxylation is 1. The first-order valence-electron chi connectivity index (χ1n) is 8.01. The van der Waals surface area contributed by atoms with Crippen molar-refractivity contribution in [2.45, 2.75) is 65.0 Å². The van der Waals surface area contributed by atoms with Gasteiger partial charge in [-0.3, -0.25) is 4.79 Å². The van der Waals surface area contributed by atoms with Crippen molar-refractivity contribution in [2.24, 2.45) is 5.92 Å². The number of carbonyl (C=O) groups excluding carboxylic acids is 1. The lowest BCUT2D eigenvalue weighted by atomic mass is 9.85. The van der Waals surface area contributed by atoms with Crippen molar-refractivity contribution in [1.82, 2.24) is 10.3 Å². The number of hydrogen-bond acceptors (Lipinski definition) is 5. The van der Waals surface area contributed by atoms with Crippen LogP contribution in [0.5, 0.6) is 0 Å². The molecule has 1 aromatic heterocycles. The number of nitrogens with zero attached hydrogens (tertiary/aromatic N) is 1. The van der Waals surface area contributed by atoms with Gasteiger partial charge in [-0.05, 0) is 39.5 Å². The van der Waals surface area contributed by atoms with Crippen molar-refractivity contribution in [1.29, 1.82) is 0 Å². The molecular weight excluding hydrogens is 284 g/mol. The lowest BCUT2D eigenvalue weighted by Gasteiger charge is -2.30. The van der Waals surface area contributed by atoms with E-state index in [1.807, 2.05) is 13.1 Å². The molecule has 1 aliphatic rings. The van der Waals surface area contributed by atoms with E-state index in [1.165, 1.54) is 4.88 Å². The van der Waals surface area contributed by atoms with Gasteiger partial charge in [-0.2, -0.15) is 0 Å². The zero-order valence-electron chi connectivity index (χ0n) is 13.2. The Morgan fingerprint density at radius 3 is 3.00 bits per heavy atom. The van der Waals surface area contributed by atoms with Crippen molar-refractivity contribution in [2.75, 3.05) is 6.61 Å². The first kappa shape index (κ1) is 16.4. The van der Waals surface area contributed by atoms with E-state index < -0.39 is 0 Å². The number of aromatic nitrogens is 1. The molecule has 0 aromatic carbocycles. The first-order valence-corrected chi connectivity index (χ1v) is 8.82. The second kappa shape index (κ2) is 7.90. The molecule has 1 saturated carbocycles. The maximum atomic E-state index is 11.9. The molecule has 1 aromatic rings. The highest BCUT2D eigenvalue weighted by atomic mass is 32.1. The van der Waals surface area contributed by atoms with E-state index in [9.17, 15) is 4.79 Å². The van der Waals surface area contributed by atoms with E-state index in [0.717, 1.165) is 37.1 Å². The molecular formula is C16H26N2O2S. The van der Waals surface area contributed by atoms with Crippen molar-refractivity contribution in [3.05, 3.63) is 16.1 Å². The van der Waals surface area contributed by atoms with Gasteiger partial charge in [0.1, 0.15) is 5.01 Å². The Hall–Kier alpha value is -0.940.